The zero-order valence-electron chi connectivity index (χ0n) is 11.5. The van der Waals surface area contributed by atoms with Gasteiger partial charge in [0.15, 0.2) is 0 Å². The van der Waals surface area contributed by atoms with Crippen molar-refractivity contribution in [1.29, 1.82) is 0 Å². The van der Waals surface area contributed by atoms with Crippen molar-refractivity contribution in [2.45, 2.75) is 25.8 Å². The van der Waals surface area contributed by atoms with Crippen LogP contribution in [0.3, 0.4) is 0 Å². The third-order valence-electron chi connectivity index (χ3n) is 3.45. The third-order valence-corrected chi connectivity index (χ3v) is 3.45. The average molecular weight is 261 g/mol. The summed E-state index contributed by atoms with van der Waals surface area (Å²) in [7, 11) is 0. The van der Waals surface area contributed by atoms with Gasteiger partial charge >= 0.3 is 0 Å². The Bertz CT molecular complexity index is 398. The molecule has 4 N–H and O–H groups in total. The highest BCUT2D eigenvalue weighted by Crippen LogP contribution is 2.11. The first-order valence-electron chi connectivity index (χ1n) is 6.87. The number of hydrogen-bond acceptors (Lipinski definition) is 3. The highest BCUT2D eigenvalue weighted by Gasteiger charge is 2.17. The first kappa shape index (κ1) is 13.8. The highest BCUT2D eigenvalue weighted by molar-refractivity contribution is 5.93. The smallest absolute Gasteiger partial charge is 0.210 e. The lowest BCUT2D eigenvalue weighted by Crippen LogP contribution is -2.38. The van der Waals surface area contributed by atoms with E-state index < -0.39 is 0 Å². The summed E-state index contributed by atoms with van der Waals surface area (Å²) in [6.45, 7) is 5.34. The predicted octanol–water partition coefficient (Wildman–Crippen LogP) is 1.40. The Balaban J connectivity index is 1.88. The van der Waals surface area contributed by atoms with Crippen LogP contribution in [-0.4, -0.2) is 36.5 Å². The Morgan fingerprint density at radius 3 is 2.63 bits per heavy atom. The van der Waals surface area contributed by atoms with E-state index in [9.17, 15) is 0 Å². The van der Waals surface area contributed by atoms with Gasteiger partial charge in [-0.3, -0.25) is 15.3 Å². The number of nitrogens with two attached hydrogens (primary N) is 1. The number of hydrazine groups is 1. The highest BCUT2D eigenvalue weighted by atomic mass is 15.3. The standard InChI is InChI=1S/C14H23N5/c1-12(19-9-5-6-10-19)11-16-14(18-15)17-13-7-3-2-4-8-13/h2-4,7-8,12H,5-6,9-11,15H2,1H3,(H2,16,17,18). The fourth-order valence-corrected chi connectivity index (χ4v) is 2.30. The van der Waals surface area contributed by atoms with Crippen LogP contribution in [0.5, 0.6) is 0 Å². The van der Waals surface area contributed by atoms with Crippen molar-refractivity contribution in [2.24, 2.45) is 10.8 Å². The van der Waals surface area contributed by atoms with Gasteiger partial charge in [0.1, 0.15) is 0 Å². The van der Waals surface area contributed by atoms with Gasteiger partial charge in [-0.25, -0.2) is 5.84 Å². The number of likely N-dealkylation sites (tertiary alicyclic amines) is 1. The molecule has 1 unspecified atom stereocenters. The van der Waals surface area contributed by atoms with Crippen LogP contribution in [-0.2, 0) is 0 Å². The van der Waals surface area contributed by atoms with Crippen molar-refractivity contribution in [3.05, 3.63) is 30.3 Å². The number of hydrogen-bond donors (Lipinski definition) is 3. The van der Waals surface area contributed by atoms with Crippen molar-refractivity contribution < 1.29 is 0 Å². The van der Waals surface area contributed by atoms with Crippen LogP contribution >= 0.6 is 0 Å². The minimum Gasteiger partial charge on any atom is -0.325 e. The number of nitrogens with one attached hydrogen (secondary N) is 2. The lowest BCUT2D eigenvalue weighted by atomic mass is 10.3. The van der Waals surface area contributed by atoms with E-state index in [0.29, 0.717) is 12.0 Å². The average Bonchev–Trinajstić information content (AvgIpc) is 2.98. The summed E-state index contributed by atoms with van der Waals surface area (Å²) in [5.41, 5.74) is 3.60. The molecule has 5 nitrogen and oxygen atoms in total. The molecular formula is C14H23N5. The first-order valence-corrected chi connectivity index (χ1v) is 6.87. The SMILES string of the molecule is CC(CN=C(NN)Nc1ccccc1)N1CCCC1. The molecule has 1 aliphatic heterocycles. The summed E-state index contributed by atoms with van der Waals surface area (Å²) < 4.78 is 0. The molecule has 0 bridgehead atoms. The van der Waals surface area contributed by atoms with Gasteiger partial charge < -0.3 is 5.32 Å². The second kappa shape index (κ2) is 7.11. The maximum atomic E-state index is 5.50. The van der Waals surface area contributed by atoms with Crippen molar-refractivity contribution in [1.82, 2.24) is 10.3 Å². The quantitative estimate of drug-likeness (QED) is 0.332. The van der Waals surface area contributed by atoms with E-state index in [0.717, 1.165) is 12.2 Å². The van der Waals surface area contributed by atoms with Gasteiger partial charge in [0.2, 0.25) is 5.96 Å². The van der Waals surface area contributed by atoms with Crippen LogP contribution in [0, 0.1) is 0 Å². The van der Waals surface area contributed by atoms with Gasteiger partial charge in [-0.15, -0.1) is 0 Å². The van der Waals surface area contributed by atoms with E-state index in [2.05, 4.69) is 27.6 Å². The van der Waals surface area contributed by atoms with Crippen molar-refractivity contribution >= 4 is 11.6 Å². The van der Waals surface area contributed by atoms with E-state index in [1.165, 1.54) is 25.9 Å². The van der Waals surface area contributed by atoms with E-state index in [1.54, 1.807) is 0 Å². The molecule has 1 aromatic carbocycles. The monoisotopic (exact) mass is 261 g/mol. The van der Waals surface area contributed by atoms with E-state index in [1.807, 2.05) is 30.3 Å². The molecule has 1 heterocycles. The maximum Gasteiger partial charge on any atom is 0.210 e. The van der Waals surface area contributed by atoms with Crippen LogP contribution in [0.2, 0.25) is 0 Å². The number of rotatable bonds is 4. The molecule has 0 spiro atoms. The largest absolute Gasteiger partial charge is 0.325 e. The topological polar surface area (TPSA) is 65.7 Å². The molecule has 0 aliphatic carbocycles. The predicted molar refractivity (Wildman–Crippen MR) is 80.0 cm³/mol. The zero-order valence-corrected chi connectivity index (χ0v) is 11.5. The Hall–Kier alpha value is -1.59. The zero-order chi connectivity index (χ0) is 13.5. The molecule has 0 aromatic heterocycles. The summed E-state index contributed by atoms with van der Waals surface area (Å²) >= 11 is 0. The number of anilines is 1. The Morgan fingerprint density at radius 2 is 2.00 bits per heavy atom. The van der Waals surface area contributed by atoms with Crippen molar-refractivity contribution in [3.8, 4) is 0 Å². The second-order valence-electron chi connectivity index (χ2n) is 4.92. The second-order valence-corrected chi connectivity index (χ2v) is 4.92. The van der Waals surface area contributed by atoms with Gasteiger partial charge in [0, 0.05) is 11.7 Å². The molecule has 0 radical (unpaired) electrons. The summed E-state index contributed by atoms with van der Waals surface area (Å²) in [6, 6.07) is 10.4. The minimum atomic E-state index is 0.462. The minimum absolute atomic E-state index is 0.462. The normalized spacial score (nSPS) is 18.3. The third kappa shape index (κ3) is 4.22. The lowest BCUT2D eigenvalue weighted by molar-refractivity contribution is 0.265. The number of para-hydroxylation sites is 1. The number of benzene rings is 1. The maximum absolute atomic E-state index is 5.50. The fraction of sp³-hybridized carbons (Fsp3) is 0.500. The van der Waals surface area contributed by atoms with Crippen molar-refractivity contribution in [2.75, 3.05) is 25.0 Å². The Morgan fingerprint density at radius 1 is 1.32 bits per heavy atom. The van der Waals surface area contributed by atoms with Crippen LogP contribution in [0.15, 0.2) is 35.3 Å². The van der Waals surface area contributed by atoms with Crippen LogP contribution in [0.1, 0.15) is 19.8 Å². The molecule has 2 rings (SSSR count). The van der Waals surface area contributed by atoms with Gasteiger partial charge in [-0.2, -0.15) is 0 Å². The molecule has 19 heavy (non-hydrogen) atoms. The molecule has 0 saturated carbocycles. The molecule has 1 aliphatic rings. The van der Waals surface area contributed by atoms with E-state index in [4.69, 9.17) is 5.84 Å². The summed E-state index contributed by atoms with van der Waals surface area (Å²) in [5.74, 6) is 6.11. The molecule has 1 saturated heterocycles. The number of aliphatic imine (C=N–C) groups is 1. The van der Waals surface area contributed by atoms with Gasteiger partial charge in [0.05, 0.1) is 6.54 Å². The van der Waals surface area contributed by atoms with Crippen molar-refractivity contribution in [3.63, 3.8) is 0 Å². The lowest BCUT2D eigenvalue weighted by Gasteiger charge is -2.22. The summed E-state index contributed by atoms with van der Waals surface area (Å²) in [4.78, 5) is 6.98. The molecule has 104 valence electrons. The fourth-order valence-electron chi connectivity index (χ4n) is 2.30. The Labute approximate surface area is 114 Å². The summed E-state index contributed by atoms with van der Waals surface area (Å²) in [5, 5.41) is 3.17. The van der Waals surface area contributed by atoms with Gasteiger partial charge in [-0.05, 0) is 45.0 Å². The molecule has 1 atom stereocenters. The number of guanidine groups is 1. The molecule has 5 heteroatoms. The molecule has 1 fully saturated rings. The summed E-state index contributed by atoms with van der Waals surface area (Å²) in [6.07, 6.45) is 2.61. The van der Waals surface area contributed by atoms with Gasteiger partial charge in [-0.1, -0.05) is 18.2 Å². The van der Waals surface area contributed by atoms with Crippen LogP contribution in [0.4, 0.5) is 5.69 Å². The van der Waals surface area contributed by atoms with Crippen LogP contribution < -0.4 is 16.6 Å². The molecule has 1 aromatic rings. The first-order chi connectivity index (χ1) is 9.29. The number of nitrogens with zero attached hydrogens (tertiary/aromatic N) is 2. The molecule has 0 amide bonds. The molecular weight excluding hydrogens is 238 g/mol. The van der Waals surface area contributed by atoms with Gasteiger partial charge in [0.25, 0.3) is 0 Å². The van der Waals surface area contributed by atoms with E-state index in [-0.39, 0.29) is 0 Å². The van der Waals surface area contributed by atoms with E-state index >= 15 is 0 Å². The Kier molecular flexibility index (Phi) is 5.18. The van der Waals surface area contributed by atoms with Crippen LogP contribution in [0.25, 0.3) is 0 Å².